The predicted octanol–water partition coefficient (Wildman–Crippen LogP) is 0.343. The van der Waals surface area contributed by atoms with E-state index in [1.54, 1.807) is 0 Å². The monoisotopic (exact) mass is 112 g/mol. The smallest absolute Gasteiger partial charge is 0.0276 e. The maximum Gasteiger partial charge on any atom is 0.0276 e. The van der Waals surface area contributed by atoms with Crippen molar-refractivity contribution in [3.8, 4) is 0 Å². The molecule has 2 fully saturated rings. The molecule has 0 aromatic rings. The van der Waals surface area contributed by atoms with Gasteiger partial charge in [0.1, 0.15) is 0 Å². The molecular formula is C6H12N2. The molecule has 1 heterocycles. The van der Waals surface area contributed by atoms with Crippen molar-refractivity contribution in [2.45, 2.75) is 31.8 Å². The molecule has 1 saturated carbocycles. The Bertz CT molecular complexity index is 111. The predicted molar refractivity (Wildman–Crippen MR) is 32.0 cm³/mol. The molecule has 8 heavy (non-hydrogen) atoms. The zero-order valence-electron chi connectivity index (χ0n) is 5.17. The Kier molecular flexibility index (Phi) is 0.746. The average molecular weight is 112 g/mol. The summed E-state index contributed by atoms with van der Waals surface area (Å²) in [7, 11) is 0. The van der Waals surface area contributed by atoms with Gasteiger partial charge in [-0.2, -0.15) is 0 Å². The molecule has 0 bridgehead atoms. The summed E-state index contributed by atoms with van der Waals surface area (Å²) in [5.74, 6) is 6.66. The Morgan fingerprint density at radius 2 is 2.25 bits per heavy atom. The highest BCUT2D eigenvalue weighted by atomic mass is 15.5. The third-order valence-corrected chi connectivity index (χ3v) is 2.42. The molecule has 2 aliphatic rings. The first-order valence-electron chi connectivity index (χ1n) is 3.32. The van der Waals surface area contributed by atoms with E-state index in [0.717, 1.165) is 12.0 Å². The second-order valence-electron chi connectivity index (χ2n) is 3.10. The second kappa shape index (κ2) is 1.25. The van der Waals surface area contributed by atoms with E-state index in [0.29, 0.717) is 6.04 Å². The van der Waals surface area contributed by atoms with Crippen molar-refractivity contribution in [1.82, 2.24) is 5.01 Å². The van der Waals surface area contributed by atoms with Gasteiger partial charge in [0.05, 0.1) is 0 Å². The van der Waals surface area contributed by atoms with Gasteiger partial charge in [-0.25, -0.2) is 5.01 Å². The van der Waals surface area contributed by atoms with Gasteiger partial charge in [0.25, 0.3) is 0 Å². The highest BCUT2D eigenvalue weighted by Crippen LogP contribution is 2.45. The standard InChI is InChI=1S/C6H12N2/c1-4-2-5-3-6(5)8(4)7/h4-6H,2-3,7H2,1H3/t4-,5+,6-/m1/s1. The Morgan fingerprint density at radius 1 is 1.50 bits per heavy atom. The highest BCUT2D eigenvalue weighted by Gasteiger charge is 2.49. The maximum absolute atomic E-state index is 5.70. The molecule has 2 heteroatoms. The van der Waals surface area contributed by atoms with Gasteiger partial charge < -0.3 is 0 Å². The quantitative estimate of drug-likeness (QED) is 0.458. The molecule has 0 amide bonds. The minimum absolute atomic E-state index is 0.652. The van der Waals surface area contributed by atoms with Crippen LogP contribution in [0.5, 0.6) is 0 Å². The molecule has 1 aliphatic carbocycles. The number of piperidine rings is 1. The summed E-state index contributed by atoms with van der Waals surface area (Å²) in [6.07, 6.45) is 2.70. The number of hydrogen-bond acceptors (Lipinski definition) is 2. The van der Waals surface area contributed by atoms with Crippen molar-refractivity contribution in [1.29, 1.82) is 0 Å². The normalized spacial score (nSPS) is 54.0. The number of hydrazine groups is 1. The zero-order chi connectivity index (χ0) is 5.72. The van der Waals surface area contributed by atoms with Gasteiger partial charge in [-0.1, -0.05) is 0 Å². The fourth-order valence-corrected chi connectivity index (χ4v) is 1.74. The maximum atomic E-state index is 5.70. The Balaban J connectivity index is 2.08. The van der Waals surface area contributed by atoms with E-state index in [2.05, 4.69) is 6.92 Å². The molecule has 2 N–H and O–H groups in total. The van der Waals surface area contributed by atoms with Crippen molar-refractivity contribution >= 4 is 0 Å². The number of fused-ring (bicyclic) bond motifs is 1. The number of hydrogen-bond donors (Lipinski definition) is 1. The van der Waals surface area contributed by atoms with Crippen molar-refractivity contribution < 1.29 is 0 Å². The molecular weight excluding hydrogens is 100 g/mol. The molecule has 1 saturated heterocycles. The van der Waals surface area contributed by atoms with Gasteiger partial charge >= 0.3 is 0 Å². The van der Waals surface area contributed by atoms with Crippen LogP contribution in [0, 0.1) is 5.92 Å². The molecule has 2 nitrogen and oxygen atoms in total. The van der Waals surface area contributed by atoms with E-state index in [1.807, 2.05) is 5.01 Å². The molecule has 2 rings (SSSR count). The Hall–Kier alpha value is -0.0800. The number of nitrogens with zero attached hydrogens (tertiary/aromatic N) is 1. The first kappa shape index (κ1) is 4.77. The summed E-state index contributed by atoms with van der Waals surface area (Å²) in [4.78, 5) is 0. The lowest BCUT2D eigenvalue weighted by atomic mass is 10.2. The Morgan fingerprint density at radius 3 is 2.50 bits per heavy atom. The van der Waals surface area contributed by atoms with E-state index < -0.39 is 0 Å². The van der Waals surface area contributed by atoms with E-state index in [9.17, 15) is 0 Å². The van der Waals surface area contributed by atoms with Crippen LogP contribution in [0.3, 0.4) is 0 Å². The van der Waals surface area contributed by atoms with Gasteiger partial charge in [-0.3, -0.25) is 5.84 Å². The van der Waals surface area contributed by atoms with Crippen LogP contribution in [-0.4, -0.2) is 17.1 Å². The van der Waals surface area contributed by atoms with Gasteiger partial charge in [0.2, 0.25) is 0 Å². The van der Waals surface area contributed by atoms with E-state index in [4.69, 9.17) is 5.84 Å². The molecule has 3 atom stereocenters. The van der Waals surface area contributed by atoms with Crippen LogP contribution >= 0.6 is 0 Å². The first-order valence-corrected chi connectivity index (χ1v) is 3.32. The van der Waals surface area contributed by atoms with Gasteiger partial charge in [-0.15, -0.1) is 0 Å². The van der Waals surface area contributed by atoms with E-state index >= 15 is 0 Å². The minimum atomic E-state index is 0.652. The fourth-order valence-electron chi connectivity index (χ4n) is 1.74. The number of nitrogens with two attached hydrogens (primary N) is 1. The lowest BCUT2D eigenvalue weighted by Crippen LogP contribution is -2.36. The summed E-state index contributed by atoms with van der Waals surface area (Å²) in [5.41, 5.74) is 0. The van der Waals surface area contributed by atoms with Crippen LogP contribution in [0.2, 0.25) is 0 Å². The average Bonchev–Trinajstić information content (AvgIpc) is 2.39. The van der Waals surface area contributed by atoms with E-state index in [-0.39, 0.29) is 0 Å². The molecule has 46 valence electrons. The van der Waals surface area contributed by atoms with Crippen LogP contribution in [0.25, 0.3) is 0 Å². The van der Waals surface area contributed by atoms with Gasteiger partial charge in [-0.05, 0) is 25.7 Å². The van der Waals surface area contributed by atoms with Crippen LogP contribution in [0.4, 0.5) is 0 Å². The molecule has 1 aliphatic heterocycles. The number of rotatable bonds is 0. The van der Waals surface area contributed by atoms with Crippen LogP contribution in [-0.2, 0) is 0 Å². The van der Waals surface area contributed by atoms with Crippen molar-refractivity contribution in [3.05, 3.63) is 0 Å². The largest absolute Gasteiger partial charge is 0.268 e. The molecule has 0 radical (unpaired) electrons. The van der Waals surface area contributed by atoms with Crippen molar-refractivity contribution in [3.63, 3.8) is 0 Å². The van der Waals surface area contributed by atoms with Crippen molar-refractivity contribution in [2.24, 2.45) is 11.8 Å². The van der Waals surface area contributed by atoms with E-state index in [1.165, 1.54) is 12.8 Å². The minimum Gasteiger partial charge on any atom is -0.268 e. The highest BCUT2D eigenvalue weighted by molar-refractivity contribution is 5.02. The summed E-state index contributed by atoms with van der Waals surface area (Å²) in [5, 5.41) is 2.02. The SMILES string of the molecule is C[C@@H]1C[C@H]2C[C@H]2N1N. The van der Waals surface area contributed by atoms with Crippen LogP contribution in [0.1, 0.15) is 19.8 Å². The third kappa shape index (κ3) is 0.446. The van der Waals surface area contributed by atoms with Crippen molar-refractivity contribution in [2.75, 3.05) is 0 Å². The second-order valence-corrected chi connectivity index (χ2v) is 3.10. The summed E-state index contributed by atoms with van der Waals surface area (Å²) >= 11 is 0. The van der Waals surface area contributed by atoms with Crippen LogP contribution < -0.4 is 5.84 Å². The molecule has 0 spiro atoms. The van der Waals surface area contributed by atoms with Gasteiger partial charge in [0, 0.05) is 12.1 Å². The summed E-state index contributed by atoms with van der Waals surface area (Å²) in [6.45, 7) is 2.20. The third-order valence-electron chi connectivity index (χ3n) is 2.42. The molecule has 0 aromatic heterocycles. The Labute approximate surface area is 49.6 Å². The lowest BCUT2D eigenvalue weighted by Gasteiger charge is -2.16. The molecule has 0 aromatic carbocycles. The molecule has 0 unspecified atom stereocenters. The summed E-state index contributed by atoms with van der Waals surface area (Å²) in [6, 6.07) is 1.42. The first-order chi connectivity index (χ1) is 3.79. The fraction of sp³-hybridized carbons (Fsp3) is 1.00. The summed E-state index contributed by atoms with van der Waals surface area (Å²) < 4.78 is 0. The van der Waals surface area contributed by atoms with Crippen LogP contribution in [0.15, 0.2) is 0 Å². The van der Waals surface area contributed by atoms with Gasteiger partial charge in [0.15, 0.2) is 0 Å². The lowest BCUT2D eigenvalue weighted by molar-refractivity contribution is 0.238. The zero-order valence-corrected chi connectivity index (χ0v) is 5.17. The topological polar surface area (TPSA) is 29.3 Å².